The molecule has 0 bridgehead atoms. The predicted molar refractivity (Wildman–Crippen MR) is 78.7 cm³/mol. The lowest BCUT2D eigenvalue weighted by Crippen LogP contribution is -2.24. The van der Waals surface area contributed by atoms with Gasteiger partial charge in [0.2, 0.25) is 0 Å². The number of halogens is 1. The highest BCUT2D eigenvalue weighted by Gasteiger charge is 2.16. The third kappa shape index (κ3) is 3.52. The van der Waals surface area contributed by atoms with E-state index < -0.39 is 0 Å². The zero-order valence-electron chi connectivity index (χ0n) is 11.8. The summed E-state index contributed by atoms with van der Waals surface area (Å²) < 4.78 is 19.1. The number of aromatic nitrogens is 2. The molecule has 0 aliphatic heterocycles. The topological polar surface area (TPSA) is 47.0 Å². The minimum Gasteiger partial charge on any atom is -0.496 e. The molecule has 20 heavy (non-hydrogen) atoms. The zero-order chi connectivity index (χ0) is 14.5. The van der Waals surface area contributed by atoms with Crippen molar-refractivity contribution in [2.45, 2.75) is 26.3 Å². The molecule has 0 unspecified atom stereocenters. The lowest BCUT2D eigenvalue weighted by molar-refractivity contribution is 0.413. The molecule has 0 aliphatic carbocycles. The largest absolute Gasteiger partial charge is 0.496 e. The van der Waals surface area contributed by atoms with Crippen LogP contribution in [0.3, 0.4) is 0 Å². The highest BCUT2D eigenvalue weighted by Crippen LogP contribution is 2.34. The van der Waals surface area contributed by atoms with Gasteiger partial charge in [-0.3, -0.25) is 0 Å². The van der Waals surface area contributed by atoms with Gasteiger partial charge >= 0.3 is 0 Å². The van der Waals surface area contributed by atoms with Crippen molar-refractivity contribution in [3.8, 4) is 16.3 Å². The summed E-state index contributed by atoms with van der Waals surface area (Å²) >= 11 is 1.40. The molecule has 0 aliphatic rings. The maximum Gasteiger partial charge on any atom is 0.154 e. The van der Waals surface area contributed by atoms with Gasteiger partial charge in [0.05, 0.1) is 12.7 Å². The molecular formula is C14H18FN3OS. The molecule has 6 heteroatoms. The molecule has 0 spiro atoms. The molecule has 1 heterocycles. The van der Waals surface area contributed by atoms with Gasteiger partial charge in [0.1, 0.15) is 16.6 Å². The number of benzene rings is 1. The Morgan fingerprint density at radius 3 is 2.85 bits per heavy atom. The minimum atomic E-state index is -0.340. The monoisotopic (exact) mass is 295 g/mol. The summed E-state index contributed by atoms with van der Waals surface area (Å²) in [5.74, 6) is 0.139. The van der Waals surface area contributed by atoms with E-state index in [9.17, 15) is 4.39 Å². The van der Waals surface area contributed by atoms with Crippen LogP contribution >= 0.6 is 11.3 Å². The van der Waals surface area contributed by atoms with Crippen LogP contribution in [0.1, 0.15) is 18.9 Å². The Morgan fingerprint density at radius 2 is 2.15 bits per heavy atom. The highest BCUT2D eigenvalue weighted by molar-refractivity contribution is 7.14. The first-order valence-electron chi connectivity index (χ1n) is 6.50. The lowest BCUT2D eigenvalue weighted by atomic mass is 10.2. The molecule has 2 rings (SSSR count). The van der Waals surface area contributed by atoms with Crippen LogP contribution in [-0.2, 0) is 6.42 Å². The van der Waals surface area contributed by atoms with Gasteiger partial charge in [0, 0.05) is 19.0 Å². The third-order valence-corrected chi connectivity index (χ3v) is 3.77. The van der Waals surface area contributed by atoms with E-state index in [1.807, 2.05) is 0 Å². The van der Waals surface area contributed by atoms with Gasteiger partial charge in [0.15, 0.2) is 5.01 Å². The van der Waals surface area contributed by atoms with E-state index in [0.717, 1.165) is 18.0 Å². The average Bonchev–Trinajstić information content (AvgIpc) is 2.86. The normalized spacial score (nSPS) is 11.1. The molecule has 0 radical (unpaired) electrons. The second-order valence-electron chi connectivity index (χ2n) is 4.68. The Labute approximate surface area is 122 Å². The van der Waals surface area contributed by atoms with Crippen molar-refractivity contribution in [2.75, 3.05) is 13.7 Å². The average molecular weight is 295 g/mol. The summed E-state index contributed by atoms with van der Waals surface area (Å²) in [5, 5.41) is 12.9. The molecule has 0 amide bonds. The molecular weight excluding hydrogens is 277 g/mol. The van der Waals surface area contributed by atoms with Crippen LogP contribution in [0.15, 0.2) is 18.2 Å². The van der Waals surface area contributed by atoms with E-state index in [1.165, 1.54) is 24.5 Å². The summed E-state index contributed by atoms with van der Waals surface area (Å²) in [6.07, 6.45) is 0.784. The molecule has 108 valence electrons. The van der Waals surface area contributed by atoms with E-state index in [1.54, 1.807) is 12.1 Å². The Balaban J connectivity index is 2.16. The maximum absolute atomic E-state index is 13.9. The van der Waals surface area contributed by atoms with Crippen molar-refractivity contribution < 1.29 is 9.13 Å². The highest BCUT2D eigenvalue weighted by atomic mass is 32.1. The second kappa shape index (κ2) is 6.76. The van der Waals surface area contributed by atoms with Crippen LogP contribution in [-0.4, -0.2) is 29.9 Å². The summed E-state index contributed by atoms with van der Waals surface area (Å²) in [5.41, 5.74) is 0.385. The van der Waals surface area contributed by atoms with Crippen molar-refractivity contribution >= 4 is 11.3 Å². The third-order valence-electron chi connectivity index (χ3n) is 2.77. The molecule has 0 atom stereocenters. The van der Waals surface area contributed by atoms with Crippen LogP contribution in [0, 0.1) is 5.82 Å². The predicted octanol–water partition coefficient (Wildman–Crippen LogP) is 2.89. The number of nitrogens with zero attached hydrogens (tertiary/aromatic N) is 2. The van der Waals surface area contributed by atoms with Gasteiger partial charge in [-0.1, -0.05) is 31.3 Å². The molecule has 1 aromatic heterocycles. The maximum atomic E-state index is 13.9. The minimum absolute atomic E-state index is 0.340. The number of nitrogens with one attached hydrogen (secondary N) is 1. The summed E-state index contributed by atoms with van der Waals surface area (Å²) in [4.78, 5) is 0. The van der Waals surface area contributed by atoms with Gasteiger partial charge < -0.3 is 10.1 Å². The molecule has 2 aromatic rings. The smallest absolute Gasteiger partial charge is 0.154 e. The van der Waals surface area contributed by atoms with E-state index in [0.29, 0.717) is 22.4 Å². The second-order valence-corrected chi connectivity index (χ2v) is 5.74. The molecule has 0 saturated heterocycles. The first-order chi connectivity index (χ1) is 9.61. The number of rotatable bonds is 6. The van der Waals surface area contributed by atoms with E-state index in [2.05, 4.69) is 29.4 Å². The number of hydrogen-bond acceptors (Lipinski definition) is 5. The SMILES string of the molecule is COc1cccc(F)c1-c1nnc(CCNC(C)C)s1. The summed E-state index contributed by atoms with van der Waals surface area (Å²) in [7, 11) is 1.52. The fourth-order valence-corrected chi connectivity index (χ4v) is 2.70. The lowest BCUT2D eigenvalue weighted by Gasteiger charge is -2.06. The quantitative estimate of drug-likeness (QED) is 0.890. The summed E-state index contributed by atoms with van der Waals surface area (Å²) in [6, 6.07) is 5.18. The van der Waals surface area contributed by atoms with Crippen molar-refractivity contribution in [2.24, 2.45) is 0 Å². The summed E-state index contributed by atoms with van der Waals surface area (Å²) in [6.45, 7) is 5.02. The number of methoxy groups -OCH3 is 1. The van der Waals surface area contributed by atoms with E-state index in [4.69, 9.17) is 4.74 Å². The molecule has 4 nitrogen and oxygen atoms in total. The van der Waals surface area contributed by atoms with Crippen molar-refractivity contribution in [1.82, 2.24) is 15.5 Å². The first kappa shape index (κ1) is 14.9. The Bertz CT molecular complexity index is 571. The Hall–Kier alpha value is -1.53. The molecule has 1 aromatic carbocycles. The van der Waals surface area contributed by atoms with Gasteiger partial charge in [-0.15, -0.1) is 10.2 Å². The Kier molecular flexibility index (Phi) is 5.03. The van der Waals surface area contributed by atoms with Crippen molar-refractivity contribution in [3.63, 3.8) is 0 Å². The fourth-order valence-electron chi connectivity index (χ4n) is 1.81. The van der Waals surface area contributed by atoms with E-state index >= 15 is 0 Å². The van der Waals surface area contributed by atoms with E-state index in [-0.39, 0.29) is 5.82 Å². The van der Waals surface area contributed by atoms with Crippen LogP contribution in [0.5, 0.6) is 5.75 Å². The van der Waals surface area contributed by atoms with Crippen molar-refractivity contribution in [3.05, 3.63) is 29.0 Å². The van der Waals surface area contributed by atoms with Gasteiger partial charge in [0.25, 0.3) is 0 Å². The van der Waals surface area contributed by atoms with Gasteiger partial charge in [-0.2, -0.15) is 0 Å². The molecule has 1 N–H and O–H groups in total. The van der Waals surface area contributed by atoms with Crippen molar-refractivity contribution in [1.29, 1.82) is 0 Å². The number of ether oxygens (including phenoxy) is 1. The zero-order valence-corrected chi connectivity index (χ0v) is 12.6. The Morgan fingerprint density at radius 1 is 1.35 bits per heavy atom. The van der Waals surface area contributed by atoms with Gasteiger partial charge in [-0.25, -0.2) is 4.39 Å². The molecule has 0 saturated carbocycles. The van der Waals surface area contributed by atoms with Crippen LogP contribution in [0.4, 0.5) is 4.39 Å². The van der Waals surface area contributed by atoms with Crippen LogP contribution in [0.2, 0.25) is 0 Å². The van der Waals surface area contributed by atoms with Crippen LogP contribution < -0.4 is 10.1 Å². The molecule has 0 fully saturated rings. The van der Waals surface area contributed by atoms with Crippen LogP contribution in [0.25, 0.3) is 10.6 Å². The first-order valence-corrected chi connectivity index (χ1v) is 7.32. The fraction of sp³-hybridized carbons (Fsp3) is 0.429. The number of hydrogen-bond donors (Lipinski definition) is 1. The van der Waals surface area contributed by atoms with Gasteiger partial charge in [-0.05, 0) is 12.1 Å². The standard InChI is InChI=1S/C14H18FN3OS/c1-9(2)16-8-7-12-17-18-14(20-12)13-10(15)5-4-6-11(13)19-3/h4-6,9,16H,7-8H2,1-3H3.